The van der Waals surface area contributed by atoms with Crippen LogP contribution in [-0.4, -0.2) is 148 Å². The number of benzene rings is 1. The molecule has 1 spiro atoms. The summed E-state index contributed by atoms with van der Waals surface area (Å²) in [7, 11) is 3.66. The number of halogens is 1. The van der Waals surface area contributed by atoms with E-state index in [1.54, 1.807) is 12.0 Å². The maximum Gasteiger partial charge on any atom is 0.328 e. The van der Waals surface area contributed by atoms with E-state index in [1.807, 2.05) is 20.8 Å². The fraction of sp³-hybridized carbons (Fsp3) is 0.622. The maximum atomic E-state index is 14.3. The van der Waals surface area contributed by atoms with Crippen LogP contribution in [0.25, 0.3) is 0 Å². The lowest BCUT2D eigenvalue weighted by Gasteiger charge is -2.53. The van der Waals surface area contributed by atoms with E-state index in [2.05, 4.69) is 50.8 Å². The van der Waals surface area contributed by atoms with Crippen LogP contribution in [0.4, 0.5) is 10.2 Å². The monoisotopic (exact) mass is 745 g/mol. The summed E-state index contributed by atoms with van der Waals surface area (Å²) in [5, 5.41) is 33.9. The second-order valence-electron chi connectivity index (χ2n) is 14.4. The van der Waals surface area contributed by atoms with E-state index in [-0.39, 0.29) is 34.6 Å². The molecule has 1 aromatic heterocycles. The highest BCUT2D eigenvalue weighted by molar-refractivity contribution is 5.97. The molecule has 1 amide bonds. The molecule has 3 heterocycles. The highest BCUT2D eigenvalue weighted by atomic mass is 19.1. The number of amides is 1. The van der Waals surface area contributed by atoms with E-state index in [9.17, 15) is 23.9 Å². The standard InChI is InChI=1S/C33H52FN7O4.C4H4O4/c1-8-41(24(4)5)32(43)27-16-25(34)11-12-29(27)45-31-30(35-22-36-37-31)39-15-13-33(19-39)20-40(21-33)28(23(2)3)10-9-14-38(6)17-26(42)18-44-7;5-3(6)1-2-4(7)8/h11-12,16,22-24,26,28,42H,8-10,13-15,17-21H2,1-7H3;1-2H,(H,5,6)(H,7,8)/b;2-1+. The van der Waals surface area contributed by atoms with Crippen molar-refractivity contribution < 1.29 is 43.6 Å². The maximum absolute atomic E-state index is 14.3. The lowest BCUT2D eigenvalue weighted by atomic mass is 9.76. The Bertz CT molecular complexity index is 1520. The zero-order valence-electron chi connectivity index (χ0n) is 31.9. The number of ether oxygens (including phenoxy) is 2. The zero-order valence-corrected chi connectivity index (χ0v) is 31.9. The van der Waals surface area contributed by atoms with E-state index in [4.69, 9.17) is 19.7 Å². The first-order chi connectivity index (χ1) is 25.1. The van der Waals surface area contributed by atoms with Gasteiger partial charge in [0.15, 0.2) is 5.82 Å². The van der Waals surface area contributed by atoms with E-state index < -0.39 is 23.9 Å². The third kappa shape index (κ3) is 12.7. The number of hydrogen-bond donors (Lipinski definition) is 3. The van der Waals surface area contributed by atoms with Gasteiger partial charge < -0.3 is 39.5 Å². The molecule has 53 heavy (non-hydrogen) atoms. The highest BCUT2D eigenvalue weighted by Crippen LogP contribution is 2.44. The molecule has 0 bridgehead atoms. The van der Waals surface area contributed by atoms with Gasteiger partial charge in [0.25, 0.3) is 11.8 Å². The summed E-state index contributed by atoms with van der Waals surface area (Å²) in [5.74, 6) is -1.76. The first-order valence-electron chi connectivity index (χ1n) is 18.0. The number of likely N-dealkylation sites (N-methyl/N-ethyl adjacent to an activating group) is 1. The number of aliphatic hydroxyl groups is 1. The van der Waals surface area contributed by atoms with Crippen LogP contribution >= 0.6 is 0 Å². The molecule has 15 nitrogen and oxygen atoms in total. The minimum Gasteiger partial charge on any atom is -0.478 e. The smallest absolute Gasteiger partial charge is 0.328 e. The van der Waals surface area contributed by atoms with Gasteiger partial charge in [-0.3, -0.25) is 9.69 Å². The molecule has 2 saturated heterocycles. The molecule has 0 radical (unpaired) electrons. The topological polar surface area (TPSA) is 182 Å². The molecular formula is C37H56FN7O8. The Morgan fingerprint density at radius 2 is 1.77 bits per heavy atom. The van der Waals surface area contributed by atoms with Crippen molar-refractivity contribution in [2.24, 2.45) is 11.3 Å². The first kappa shape index (κ1) is 43.2. The molecule has 2 atom stereocenters. The molecule has 2 fully saturated rings. The summed E-state index contributed by atoms with van der Waals surface area (Å²) in [4.78, 5) is 45.7. The number of methoxy groups -OCH3 is 1. The number of aliphatic carboxylic acids is 2. The average molecular weight is 746 g/mol. The number of anilines is 1. The van der Waals surface area contributed by atoms with Gasteiger partial charge >= 0.3 is 11.9 Å². The lowest BCUT2D eigenvalue weighted by molar-refractivity contribution is -0.134. The van der Waals surface area contributed by atoms with Crippen molar-refractivity contribution in [1.29, 1.82) is 0 Å². The van der Waals surface area contributed by atoms with Gasteiger partial charge in [-0.15, -0.1) is 10.2 Å². The Labute approximate surface area is 311 Å². The van der Waals surface area contributed by atoms with Crippen LogP contribution in [0, 0.1) is 17.2 Å². The summed E-state index contributed by atoms with van der Waals surface area (Å²) in [6, 6.07) is 4.42. The normalized spacial score (nSPS) is 16.5. The lowest BCUT2D eigenvalue weighted by Crippen LogP contribution is -2.62. The summed E-state index contributed by atoms with van der Waals surface area (Å²) in [5.41, 5.74) is 0.318. The number of nitrogens with zero attached hydrogens (tertiary/aromatic N) is 7. The quantitative estimate of drug-likeness (QED) is 0.188. The number of aliphatic hydroxyl groups excluding tert-OH is 1. The number of aromatic nitrogens is 3. The Kier molecular flexibility index (Phi) is 16.5. The molecule has 0 aliphatic carbocycles. The van der Waals surface area contributed by atoms with Crippen LogP contribution in [0.3, 0.4) is 0 Å². The second kappa shape index (κ2) is 20.3. The minimum absolute atomic E-state index is 0.0491. The fourth-order valence-electron chi connectivity index (χ4n) is 7.07. The number of carbonyl (C=O) groups is 3. The van der Waals surface area contributed by atoms with Gasteiger partial charge in [0, 0.05) is 76.0 Å². The molecule has 0 saturated carbocycles. The van der Waals surface area contributed by atoms with Crippen LogP contribution < -0.4 is 9.64 Å². The Hall–Kier alpha value is -4.25. The van der Waals surface area contributed by atoms with Crippen molar-refractivity contribution in [2.75, 3.05) is 71.5 Å². The highest BCUT2D eigenvalue weighted by Gasteiger charge is 2.50. The summed E-state index contributed by atoms with van der Waals surface area (Å²) in [6.45, 7) is 16.5. The van der Waals surface area contributed by atoms with Gasteiger partial charge in [-0.25, -0.2) is 19.0 Å². The van der Waals surface area contributed by atoms with Gasteiger partial charge in [0.1, 0.15) is 17.9 Å². The van der Waals surface area contributed by atoms with E-state index in [0.717, 1.165) is 52.0 Å². The molecule has 2 unspecified atom stereocenters. The SMILES string of the molecule is CCN(C(=O)c1cc(F)ccc1Oc1nncnc1N1CCC2(C1)CN(C(CCCN(C)CC(O)COC)C(C)C)C2)C(C)C.O=C(O)/C=C/C(=O)O. The van der Waals surface area contributed by atoms with Crippen molar-refractivity contribution in [3.8, 4) is 11.6 Å². The molecule has 1 aromatic carbocycles. The van der Waals surface area contributed by atoms with E-state index >= 15 is 0 Å². The number of carbonyl (C=O) groups excluding carboxylic acids is 1. The average Bonchev–Trinajstić information content (AvgIpc) is 3.52. The van der Waals surface area contributed by atoms with Crippen molar-refractivity contribution in [3.05, 3.63) is 48.1 Å². The molecule has 4 rings (SSSR count). The second-order valence-corrected chi connectivity index (χ2v) is 14.4. The van der Waals surface area contributed by atoms with Gasteiger partial charge in [0.2, 0.25) is 0 Å². The van der Waals surface area contributed by atoms with E-state index in [0.29, 0.717) is 49.6 Å². The number of rotatable bonds is 18. The fourth-order valence-corrected chi connectivity index (χ4v) is 7.07. The Morgan fingerprint density at radius 1 is 1.09 bits per heavy atom. The molecule has 2 aliphatic heterocycles. The number of carboxylic acid groups (broad SMARTS) is 2. The summed E-state index contributed by atoms with van der Waals surface area (Å²) < 4.78 is 25.5. The number of likely N-dealkylation sites (tertiary alicyclic amines) is 1. The van der Waals surface area contributed by atoms with Crippen LogP contribution in [0.5, 0.6) is 11.6 Å². The van der Waals surface area contributed by atoms with Gasteiger partial charge in [-0.2, -0.15) is 0 Å². The molecule has 2 aliphatic rings. The molecule has 3 N–H and O–H groups in total. The largest absolute Gasteiger partial charge is 0.478 e. The predicted octanol–water partition coefficient (Wildman–Crippen LogP) is 3.64. The van der Waals surface area contributed by atoms with Crippen LogP contribution in [-0.2, 0) is 14.3 Å². The Balaban J connectivity index is 0.000000846. The number of hydrogen-bond acceptors (Lipinski definition) is 12. The van der Waals surface area contributed by atoms with Crippen molar-refractivity contribution in [1.82, 2.24) is 29.9 Å². The van der Waals surface area contributed by atoms with Crippen molar-refractivity contribution in [3.63, 3.8) is 0 Å². The summed E-state index contributed by atoms with van der Waals surface area (Å²) in [6.07, 6.45) is 5.29. The molecular weight excluding hydrogens is 689 g/mol. The first-order valence-corrected chi connectivity index (χ1v) is 18.0. The van der Waals surface area contributed by atoms with Crippen molar-refractivity contribution in [2.45, 2.75) is 72.1 Å². The van der Waals surface area contributed by atoms with E-state index in [1.165, 1.54) is 24.5 Å². The minimum atomic E-state index is -1.26. The third-order valence-corrected chi connectivity index (χ3v) is 9.52. The van der Waals surface area contributed by atoms with Gasteiger partial charge in [-0.1, -0.05) is 13.8 Å². The zero-order chi connectivity index (χ0) is 39.3. The molecule has 294 valence electrons. The predicted molar refractivity (Wildman–Crippen MR) is 197 cm³/mol. The molecule has 2 aromatic rings. The summed E-state index contributed by atoms with van der Waals surface area (Å²) >= 11 is 0. The van der Waals surface area contributed by atoms with Gasteiger partial charge in [0.05, 0.1) is 18.3 Å². The Morgan fingerprint density at radius 3 is 2.36 bits per heavy atom. The van der Waals surface area contributed by atoms with Crippen LogP contribution in [0.15, 0.2) is 36.7 Å². The van der Waals surface area contributed by atoms with Crippen molar-refractivity contribution >= 4 is 23.7 Å². The number of carboxylic acids is 2. The molecule has 16 heteroatoms. The van der Waals surface area contributed by atoms with Gasteiger partial charge in [-0.05, 0) is 77.7 Å². The van der Waals surface area contributed by atoms with Crippen LogP contribution in [0.1, 0.15) is 64.2 Å². The van der Waals surface area contributed by atoms with Crippen LogP contribution in [0.2, 0.25) is 0 Å². The third-order valence-electron chi connectivity index (χ3n) is 9.52.